The zero-order valence-corrected chi connectivity index (χ0v) is 14.0. The number of hydrogen-bond donors (Lipinski definition) is 2. The molecule has 128 valence electrons. The van der Waals surface area contributed by atoms with E-state index in [1.54, 1.807) is 6.07 Å². The van der Waals surface area contributed by atoms with Crippen LogP contribution >= 0.6 is 0 Å². The first kappa shape index (κ1) is 17.6. The second kappa shape index (κ2) is 8.19. The molecule has 0 atom stereocenters. The third-order valence-electron chi connectivity index (χ3n) is 3.10. The molecule has 0 aromatic heterocycles. The molecular formula is C18H22FN3O2. The van der Waals surface area contributed by atoms with Gasteiger partial charge in [0.1, 0.15) is 17.3 Å². The molecule has 0 saturated carbocycles. The van der Waals surface area contributed by atoms with Gasteiger partial charge >= 0.3 is 0 Å². The molecule has 2 rings (SSSR count). The van der Waals surface area contributed by atoms with E-state index in [0.29, 0.717) is 11.3 Å². The SMILES string of the molecule is COc1cc(F)cc(CN=C(N)Nc2ccc(OC(C)C)cc2)c1. The molecule has 24 heavy (non-hydrogen) atoms. The molecule has 0 spiro atoms. The van der Waals surface area contributed by atoms with E-state index in [-0.39, 0.29) is 24.4 Å². The summed E-state index contributed by atoms with van der Waals surface area (Å²) in [4.78, 5) is 4.21. The molecule has 2 aromatic rings. The Balaban J connectivity index is 1.97. The smallest absolute Gasteiger partial charge is 0.193 e. The lowest BCUT2D eigenvalue weighted by Crippen LogP contribution is -2.22. The van der Waals surface area contributed by atoms with Crippen molar-refractivity contribution >= 4 is 11.6 Å². The van der Waals surface area contributed by atoms with E-state index in [1.165, 1.54) is 19.2 Å². The first-order valence-corrected chi connectivity index (χ1v) is 7.63. The second-order valence-corrected chi connectivity index (χ2v) is 5.52. The highest BCUT2D eigenvalue weighted by Crippen LogP contribution is 2.18. The molecule has 0 aliphatic carbocycles. The van der Waals surface area contributed by atoms with Gasteiger partial charge in [0.2, 0.25) is 0 Å². The summed E-state index contributed by atoms with van der Waals surface area (Å²) in [5.74, 6) is 1.12. The summed E-state index contributed by atoms with van der Waals surface area (Å²) in [5.41, 5.74) is 7.34. The second-order valence-electron chi connectivity index (χ2n) is 5.52. The van der Waals surface area contributed by atoms with Crippen molar-refractivity contribution in [1.82, 2.24) is 0 Å². The Bertz CT molecular complexity index is 700. The third kappa shape index (κ3) is 5.46. The molecule has 0 aliphatic rings. The van der Waals surface area contributed by atoms with Crippen LogP contribution in [0.1, 0.15) is 19.4 Å². The number of nitrogens with zero attached hydrogens (tertiary/aromatic N) is 1. The Labute approximate surface area is 141 Å². The van der Waals surface area contributed by atoms with Gasteiger partial charge in [-0.15, -0.1) is 0 Å². The number of methoxy groups -OCH3 is 1. The number of benzene rings is 2. The van der Waals surface area contributed by atoms with Crippen molar-refractivity contribution in [3.63, 3.8) is 0 Å². The van der Waals surface area contributed by atoms with Crippen LogP contribution in [0.15, 0.2) is 47.5 Å². The Morgan fingerprint density at radius 3 is 2.50 bits per heavy atom. The van der Waals surface area contributed by atoms with Gasteiger partial charge < -0.3 is 20.5 Å². The van der Waals surface area contributed by atoms with Crippen LogP contribution in [0.2, 0.25) is 0 Å². The summed E-state index contributed by atoms with van der Waals surface area (Å²) in [7, 11) is 1.49. The molecule has 0 amide bonds. The molecule has 0 saturated heterocycles. The zero-order chi connectivity index (χ0) is 17.5. The van der Waals surface area contributed by atoms with E-state index >= 15 is 0 Å². The van der Waals surface area contributed by atoms with Crippen LogP contribution < -0.4 is 20.5 Å². The highest BCUT2D eigenvalue weighted by Gasteiger charge is 2.02. The minimum Gasteiger partial charge on any atom is -0.497 e. The molecule has 0 fully saturated rings. The highest BCUT2D eigenvalue weighted by atomic mass is 19.1. The number of nitrogens with two attached hydrogens (primary N) is 1. The highest BCUT2D eigenvalue weighted by molar-refractivity contribution is 5.92. The number of ether oxygens (including phenoxy) is 2. The Morgan fingerprint density at radius 1 is 1.17 bits per heavy atom. The van der Waals surface area contributed by atoms with E-state index in [9.17, 15) is 4.39 Å². The van der Waals surface area contributed by atoms with Crippen molar-refractivity contribution < 1.29 is 13.9 Å². The van der Waals surface area contributed by atoms with Gasteiger partial charge in [0.25, 0.3) is 0 Å². The van der Waals surface area contributed by atoms with E-state index in [0.717, 1.165) is 11.4 Å². The lowest BCUT2D eigenvalue weighted by atomic mass is 10.2. The van der Waals surface area contributed by atoms with Crippen molar-refractivity contribution in [2.45, 2.75) is 26.5 Å². The van der Waals surface area contributed by atoms with Crippen LogP contribution in [0, 0.1) is 5.82 Å². The summed E-state index contributed by atoms with van der Waals surface area (Å²) in [6.45, 7) is 4.19. The molecule has 2 aromatic carbocycles. The fourth-order valence-electron chi connectivity index (χ4n) is 2.08. The summed E-state index contributed by atoms with van der Waals surface area (Å²) >= 11 is 0. The van der Waals surface area contributed by atoms with Crippen molar-refractivity contribution in [3.05, 3.63) is 53.8 Å². The van der Waals surface area contributed by atoms with Crippen molar-refractivity contribution in [1.29, 1.82) is 0 Å². The van der Waals surface area contributed by atoms with Crippen LogP contribution in [0.3, 0.4) is 0 Å². The predicted molar refractivity (Wildman–Crippen MR) is 94.1 cm³/mol. The van der Waals surface area contributed by atoms with Crippen LogP contribution in [0.4, 0.5) is 10.1 Å². The van der Waals surface area contributed by atoms with Crippen LogP contribution in [0.25, 0.3) is 0 Å². The van der Waals surface area contributed by atoms with Gasteiger partial charge in [-0.25, -0.2) is 9.38 Å². The Morgan fingerprint density at radius 2 is 1.88 bits per heavy atom. The van der Waals surface area contributed by atoms with Gasteiger partial charge in [0, 0.05) is 11.8 Å². The minimum absolute atomic E-state index is 0.124. The topological polar surface area (TPSA) is 68.9 Å². The van der Waals surface area contributed by atoms with Crippen LogP contribution in [-0.4, -0.2) is 19.2 Å². The lowest BCUT2D eigenvalue weighted by Gasteiger charge is -2.11. The lowest BCUT2D eigenvalue weighted by molar-refractivity contribution is 0.242. The van der Waals surface area contributed by atoms with Gasteiger partial charge in [-0.3, -0.25) is 0 Å². The van der Waals surface area contributed by atoms with Crippen molar-refractivity contribution in [3.8, 4) is 11.5 Å². The monoisotopic (exact) mass is 331 g/mol. The first-order chi connectivity index (χ1) is 11.5. The minimum atomic E-state index is -0.369. The molecule has 0 bridgehead atoms. The quantitative estimate of drug-likeness (QED) is 0.627. The van der Waals surface area contributed by atoms with E-state index < -0.39 is 0 Å². The number of guanidine groups is 1. The first-order valence-electron chi connectivity index (χ1n) is 7.63. The number of halogens is 1. The number of rotatable bonds is 6. The summed E-state index contributed by atoms with van der Waals surface area (Å²) in [6, 6.07) is 11.8. The predicted octanol–water partition coefficient (Wildman–Crippen LogP) is 3.55. The molecule has 3 N–H and O–H groups in total. The fraction of sp³-hybridized carbons (Fsp3) is 0.278. The van der Waals surface area contributed by atoms with Gasteiger partial charge in [0.15, 0.2) is 5.96 Å². The van der Waals surface area contributed by atoms with Gasteiger partial charge in [-0.05, 0) is 55.8 Å². The summed E-state index contributed by atoms with van der Waals surface area (Å²) < 4.78 is 24.0. The van der Waals surface area contributed by atoms with Crippen molar-refractivity contribution in [2.24, 2.45) is 10.7 Å². The average Bonchev–Trinajstić information content (AvgIpc) is 2.54. The number of hydrogen-bond acceptors (Lipinski definition) is 3. The zero-order valence-electron chi connectivity index (χ0n) is 14.0. The van der Waals surface area contributed by atoms with Crippen LogP contribution in [-0.2, 0) is 6.54 Å². The summed E-state index contributed by atoms with van der Waals surface area (Å²) in [5, 5.41) is 2.98. The van der Waals surface area contributed by atoms with E-state index in [2.05, 4.69) is 10.3 Å². The number of aliphatic imine (C=N–C) groups is 1. The maximum atomic E-state index is 13.4. The Hall–Kier alpha value is -2.76. The molecule has 0 aliphatic heterocycles. The van der Waals surface area contributed by atoms with E-state index in [4.69, 9.17) is 15.2 Å². The molecule has 6 heteroatoms. The molecular weight excluding hydrogens is 309 g/mol. The Kier molecular flexibility index (Phi) is 6.01. The maximum Gasteiger partial charge on any atom is 0.193 e. The molecule has 0 radical (unpaired) electrons. The molecule has 0 heterocycles. The number of anilines is 1. The van der Waals surface area contributed by atoms with Gasteiger partial charge in [0.05, 0.1) is 19.8 Å². The third-order valence-corrected chi connectivity index (χ3v) is 3.10. The molecule has 0 unspecified atom stereocenters. The largest absolute Gasteiger partial charge is 0.497 e. The number of nitrogens with one attached hydrogen (secondary N) is 1. The van der Waals surface area contributed by atoms with Crippen molar-refractivity contribution in [2.75, 3.05) is 12.4 Å². The van der Waals surface area contributed by atoms with Crippen LogP contribution in [0.5, 0.6) is 11.5 Å². The standard InChI is InChI=1S/C18H22FN3O2/c1-12(2)24-16-6-4-15(5-7-16)22-18(20)21-11-13-8-14(19)10-17(9-13)23-3/h4-10,12H,11H2,1-3H3,(H3,20,21,22). The summed E-state index contributed by atoms with van der Waals surface area (Å²) in [6.07, 6.45) is 0.124. The van der Waals surface area contributed by atoms with Gasteiger partial charge in [-0.2, -0.15) is 0 Å². The maximum absolute atomic E-state index is 13.4. The molecule has 5 nitrogen and oxygen atoms in total. The fourth-order valence-corrected chi connectivity index (χ4v) is 2.08. The van der Waals surface area contributed by atoms with E-state index in [1.807, 2.05) is 38.1 Å². The average molecular weight is 331 g/mol. The normalized spacial score (nSPS) is 11.5. The van der Waals surface area contributed by atoms with Gasteiger partial charge in [-0.1, -0.05) is 0 Å².